The van der Waals surface area contributed by atoms with Gasteiger partial charge in [-0.3, -0.25) is 35.9 Å². The molecule has 31 heavy (non-hydrogen) atoms. The highest BCUT2D eigenvalue weighted by molar-refractivity contribution is 9.10. The second-order valence-electron chi connectivity index (χ2n) is 5.81. The van der Waals surface area contributed by atoms with E-state index >= 15 is 0 Å². The monoisotopic (exact) mass is 491 g/mol. The van der Waals surface area contributed by atoms with Gasteiger partial charge in [-0.1, -0.05) is 22.0 Å². The first kappa shape index (κ1) is 21.5. The molecular formula is C17H11BrFN7O5. The number of benzene rings is 2. The van der Waals surface area contributed by atoms with Crippen molar-refractivity contribution < 1.29 is 19.0 Å². The number of carbonyl (C=O) groups excluding carboxylic acids is 1. The standard InChI is InChI=1S/C17H11BrFN7O5/c18-10-4-5-13(12(19)7-10)22-15-14(26(30)31)16(21-8-20-15)23-24-17(27)9-2-1-3-11(6-9)25(28)29/h1-8H,(H,24,27)(H2,20,21,22,23). The first-order valence-electron chi connectivity index (χ1n) is 8.28. The van der Waals surface area contributed by atoms with E-state index in [9.17, 15) is 29.4 Å². The van der Waals surface area contributed by atoms with E-state index < -0.39 is 27.3 Å². The van der Waals surface area contributed by atoms with E-state index in [1.165, 1.54) is 30.3 Å². The third-order valence-electron chi connectivity index (χ3n) is 3.80. The highest BCUT2D eigenvalue weighted by Crippen LogP contribution is 2.32. The van der Waals surface area contributed by atoms with Gasteiger partial charge in [-0.05, 0) is 24.3 Å². The molecule has 1 aromatic heterocycles. The largest absolute Gasteiger partial charge is 0.355 e. The van der Waals surface area contributed by atoms with Crippen LogP contribution in [0.15, 0.2) is 53.3 Å². The van der Waals surface area contributed by atoms with E-state index in [-0.39, 0.29) is 28.6 Å². The minimum Gasteiger partial charge on any atom is -0.332 e. The van der Waals surface area contributed by atoms with E-state index in [2.05, 4.69) is 42.1 Å². The molecule has 0 unspecified atom stereocenters. The normalized spacial score (nSPS) is 10.3. The molecule has 0 aliphatic heterocycles. The molecule has 2 aromatic carbocycles. The second kappa shape index (κ2) is 9.08. The van der Waals surface area contributed by atoms with Crippen molar-refractivity contribution in [2.24, 2.45) is 0 Å². The molecule has 0 saturated heterocycles. The quantitative estimate of drug-likeness (QED) is 0.329. The molecule has 0 spiro atoms. The van der Waals surface area contributed by atoms with Gasteiger partial charge in [0.1, 0.15) is 12.1 Å². The lowest BCUT2D eigenvalue weighted by atomic mass is 10.2. The Morgan fingerprint density at radius 1 is 1.03 bits per heavy atom. The average Bonchev–Trinajstić information content (AvgIpc) is 2.73. The molecule has 0 saturated carbocycles. The minimum atomic E-state index is -0.819. The number of nitro groups is 2. The van der Waals surface area contributed by atoms with Crippen molar-refractivity contribution in [3.05, 3.63) is 84.9 Å². The number of rotatable bonds is 7. The van der Waals surface area contributed by atoms with Gasteiger partial charge in [-0.15, -0.1) is 0 Å². The number of nitrogens with one attached hydrogen (secondary N) is 3. The number of aromatic nitrogens is 2. The fraction of sp³-hybridized carbons (Fsp3) is 0. The number of amides is 1. The van der Waals surface area contributed by atoms with Crippen LogP contribution in [0, 0.1) is 26.0 Å². The van der Waals surface area contributed by atoms with E-state index in [1.807, 2.05) is 0 Å². The summed E-state index contributed by atoms with van der Waals surface area (Å²) in [6, 6.07) is 8.91. The Bertz CT molecular complexity index is 1190. The lowest BCUT2D eigenvalue weighted by Crippen LogP contribution is -2.30. The lowest BCUT2D eigenvalue weighted by molar-refractivity contribution is -0.384. The van der Waals surface area contributed by atoms with Crippen LogP contribution in [-0.4, -0.2) is 25.7 Å². The zero-order valence-corrected chi connectivity index (χ0v) is 16.8. The van der Waals surface area contributed by atoms with Gasteiger partial charge in [0.05, 0.1) is 15.5 Å². The first-order chi connectivity index (χ1) is 14.8. The van der Waals surface area contributed by atoms with Crippen molar-refractivity contribution in [3.8, 4) is 0 Å². The van der Waals surface area contributed by atoms with Gasteiger partial charge >= 0.3 is 5.69 Å². The van der Waals surface area contributed by atoms with Crippen LogP contribution in [0.4, 0.5) is 33.1 Å². The van der Waals surface area contributed by atoms with Crippen LogP contribution in [0.2, 0.25) is 0 Å². The van der Waals surface area contributed by atoms with Crippen molar-refractivity contribution in [3.63, 3.8) is 0 Å². The molecule has 3 aromatic rings. The number of nitro benzene ring substituents is 1. The Morgan fingerprint density at radius 3 is 2.45 bits per heavy atom. The number of hydrogen-bond acceptors (Lipinski definition) is 9. The summed E-state index contributed by atoms with van der Waals surface area (Å²) in [4.78, 5) is 40.6. The Hall–Kier alpha value is -4.20. The van der Waals surface area contributed by atoms with Crippen LogP contribution in [0.25, 0.3) is 0 Å². The van der Waals surface area contributed by atoms with Gasteiger partial charge in [-0.2, -0.15) is 0 Å². The highest BCUT2D eigenvalue weighted by atomic mass is 79.9. The van der Waals surface area contributed by atoms with E-state index in [0.29, 0.717) is 4.47 Å². The maximum Gasteiger partial charge on any atom is 0.355 e. The van der Waals surface area contributed by atoms with Crippen LogP contribution >= 0.6 is 15.9 Å². The topological polar surface area (TPSA) is 165 Å². The number of anilines is 3. The predicted molar refractivity (Wildman–Crippen MR) is 110 cm³/mol. The summed E-state index contributed by atoms with van der Waals surface area (Å²) in [6.07, 6.45) is 0.966. The lowest BCUT2D eigenvalue weighted by Gasteiger charge is -2.11. The van der Waals surface area contributed by atoms with Crippen LogP contribution in [0.1, 0.15) is 10.4 Å². The van der Waals surface area contributed by atoms with Crippen LogP contribution in [0.3, 0.4) is 0 Å². The summed E-state index contributed by atoms with van der Waals surface area (Å²) in [5.74, 6) is -2.20. The summed E-state index contributed by atoms with van der Waals surface area (Å²) in [5.41, 5.74) is 3.36. The molecular weight excluding hydrogens is 481 g/mol. The van der Waals surface area contributed by atoms with Crippen LogP contribution < -0.4 is 16.2 Å². The summed E-state index contributed by atoms with van der Waals surface area (Å²) < 4.78 is 14.5. The maximum atomic E-state index is 14.1. The Labute approximate surface area is 180 Å². The maximum absolute atomic E-state index is 14.1. The number of hydrogen-bond donors (Lipinski definition) is 3. The van der Waals surface area contributed by atoms with Gasteiger partial charge in [0, 0.05) is 22.2 Å². The third-order valence-corrected chi connectivity index (χ3v) is 4.30. The molecule has 0 fully saturated rings. The molecule has 12 nitrogen and oxygen atoms in total. The zero-order valence-electron chi connectivity index (χ0n) is 15.2. The summed E-state index contributed by atoms with van der Waals surface area (Å²) in [5, 5.41) is 24.9. The minimum absolute atomic E-state index is 0.0614. The Morgan fingerprint density at radius 2 is 1.77 bits per heavy atom. The van der Waals surface area contributed by atoms with Gasteiger partial charge in [0.25, 0.3) is 11.6 Å². The van der Waals surface area contributed by atoms with Gasteiger partial charge < -0.3 is 5.32 Å². The molecule has 1 heterocycles. The average molecular weight is 492 g/mol. The number of non-ortho nitro benzene ring substituents is 1. The molecule has 14 heteroatoms. The molecule has 3 N–H and O–H groups in total. The van der Waals surface area contributed by atoms with Gasteiger partial charge in [-0.25, -0.2) is 14.4 Å². The van der Waals surface area contributed by atoms with Gasteiger partial charge in [0.15, 0.2) is 0 Å². The van der Waals surface area contributed by atoms with Crippen molar-refractivity contribution in [2.75, 3.05) is 10.7 Å². The fourth-order valence-corrected chi connectivity index (χ4v) is 2.74. The molecule has 0 aliphatic carbocycles. The van der Waals surface area contributed by atoms with Crippen LogP contribution in [0.5, 0.6) is 0 Å². The van der Waals surface area contributed by atoms with Gasteiger partial charge in [0.2, 0.25) is 11.6 Å². The smallest absolute Gasteiger partial charge is 0.332 e. The van der Waals surface area contributed by atoms with Crippen molar-refractivity contribution in [1.82, 2.24) is 15.4 Å². The highest BCUT2D eigenvalue weighted by Gasteiger charge is 2.24. The van der Waals surface area contributed by atoms with Crippen molar-refractivity contribution in [1.29, 1.82) is 0 Å². The van der Waals surface area contributed by atoms with Crippen molar-refractivity contribution in [2.45, 2.75) is 0 Å². The number of carbonyl (C=O) groups is 1. The first-order valence-corrected chi connectivity index (χ1v) is 9.08. The molecule has 0 atom stereocenters. The Kier molecular flexibility index (Phi) is 6.30. The third kappa shape index (κ3) is 5.05. The second-order valence-corrected chi connectivity index (χ2v) is 6.73. The number of hydrazine groups is 1. The SMILES string of the molecule is O=C(NNc1ncnc(Nc2ccc(Br)cc2F)c1[N+](=O)[O-])c1cccc([N+](=O)[O-])c1. The van der Waals surface area contributed by atoms with Crippen LogP contribution in [-0.2, 0) is 0 Å². The zero-order chi connectivity index (χ0) is 22.5. The Balaban J connectivity index is 1.84. The molecule has 3 rings (SSSR count). The summed E-state index contributed by atoms with van der Waals surface area (Å²) in [7, 11) is 0. The molecule has 0 aliphatic rings. The molecule has 0 radical (unpaired) electrons. The number of nitrogens with zero attached hydrogens (tertiary/aromatic N) is 4. The van der Waals surface area contributed by atoms with E-state index in [1.54, 1.807) is 0 Å². The molecule has 158 valence electrons. The van der Waals surface area contributed by atoms with E-state index in [4.69, 9.17) is 0 Å². The fourth-order valence-electron chi connectivity index (χ4n) is 2.40. The molecule has 1 amide bonds. The number of halogens is 2. The van der Waals surface area contributed by atoms with E-state index in [0.717, 1.165) is 18.5 Å². The summed E-state index contributed by atoms with van der Waals surface area (Å²) >= 11 is 3.11. The predicted octanol–water partition coefficient (Wildman–Crippen LogP) is 3.70. The van der Waals surface area contributed by atoms with Crippen molar-refractivity contribution >= 4 is 50.5 Å². The molecule has 0 bridgehead atoms. The summed E-state index contributed by atoms with van der Waals surface area (Å²) in [6.45, 7) is 0.